The summed E-state index contributed by atoms with van der Waals surface area (Å²) < 4.78 is 23.1. The number of benzene rings is 4. The van der Waals surface area contributed by atoms with E-state index in [1.165, 1.54) is 0 Å². The second kappa shape index (κ2) is 9.49. The Morgan fingerprint density at radius 3 is 2.38 bits per heavy atom. The molecule has 0 radical (unpaired) electrons. The summed E-state index contributed by atoms with van der Waals surface area (Å²) in [5.41, 5.74) is 4.15. The summed E-state index contributed by atoms with van der Waals surface area (Å²) in [5.74, 6) is 1.94. The number of halogens is 1. The van der Waals surface area contributed by atoms with Crippen molar-refractivity contribution in [3.63, 3.8) is 0 Å². The van der Waals surface area contributed by atoms with Gasteiger partial charge in [-0.25, -0.2) is 0 Å². The zero-order valence-corrected chi connectivity index (χ0v) is 19.5. The SMILES string of the molecule is COc1cc2c(cc1N=Cc1ccc(OCc3ccc(Cl)cc3)c(OC)c1)oc1ccccc12. The van der Waals surface area contributed by atoms with Crippen LogP contribution in [0.2, 0.25) is 5.02 Å². The van der Waals surface area contributed by atoms with Crippen LogP contribution in [0.15, 0.2) is 88.3 Å². The molecule has 0 atom stereocenters. The van der Waals surface area contributed by atoms with Gasteiger partial charge in [-0.15, -0.1) is 0 Å². The van der Waals surface area contributed by atoms with E-state index in [1.54, 1.807) is 20.4 Å². The van der Waals surface area contributed by atoms with Gasteiger partial charge < -0.3 is 18.6 Å². The van der Waals surface area contributed by atoms with Crippen molar-refractivity contribution < 1.29 is 18.6 Å². The van der Waals surface area contributed by atoms with E-state index >= 15 is 0 Å². The van der Waals surface area contributed by atoms with E-state index in [0.717, 1.165) is 33.1 Å². The van der Waals surface area contributed by atoms with Crippen molar-refractivity contribution in [2.24, 2.45) is 4.99 Å². The summed E-state index contributed by atoms with van der Waals surface area (Å²) in [7, 11) is 3.25. The maximum Gasteiger partial charge on any atom is 0.161 e. The molecule has 5 nitrogen and oxygen atoms in total. The van der Waals surface area contributed by atoms with E-state index in [0.29, 0.717) is 34.6 Å². The molecule has 34 heavy (non-hydrogen) atoms. The Hall–Kier alpha value is -3.96. The molecule has 170 valence electrons. The quantitative estimate of drug-likeness (QED) is 0.229. The summed E-state index contributed by atoms with van der Waals surface area (Å²) >= 11 is 5.95. The van der Waals surface area contributed by atoms with Crippen LogP contribution in [0.3, 0.4) is 0 Å². The Morgan fingerprint density at radius 2 is 1.59 bits per heavy atom. The number of rotatable bonds is 7. The monoisotopic (exact) mass is 471 g/mol. The minimum Gasteiger partial charge on any atom is -0.494 e. The smallest absolute Gasteiger partial charge is 0.161 e. The zero-order chi connectivity index (χ0) is 23.5. The molecular formula is C28H22ClNO4. The third-order valence-electron chi connectivity index (χ3n) is 5.53. The van der Waals surface area contributed by atoms with Crippen LogP contribution in [0.1, 0.15) is 11.1 Å². The van der Waals surface area contributed by atoms with Crippen molar-refractivity contribution in [1.82, 2.24) is 0 Å². The lowest BCUT2D eigenvalue weighted by Gasteiger charge is -2.11. The van der Waals surface area contributed by atoms with E-state index in [1.807, 2.05) is 78.9 Å². The number of methoxy groups -OCH3 is 2. The standard InChI is InChI=1S/C28H22ClNO4/c1-31-27-14-22-21-5-3-4-6-24(21)34-26(22)15-23(27)30-16-19-9-12-25(28(13-19)32-2)33-17-18-7-10-20(29)11-8-18/h3-16H,17H2,1-2H3. The number of hydrogen-bond acceptors (Lipinski definition) is 5. The summed E-state index contributed by atoms with van der Waals surface area (Å²) in [6.07, 6.45) is 1.76. The number of furan rings is 1. The second-order valence-electron chi connectivity index (χ2n) is 7.70. The molecule has 0 aliphatic carbocycles. The molecule has 0 fully saturated rings. The molecule has 0 saturated carbocycles. The number of aliphatic imine (C=N–C) groups is 1. The van der Waals surface area contributed by atoms with Crippen LogP contribution in [-0.2, 0) is 6.61 Å². The maximum atomic E-state index is 5.99. The third kappa shape index (κ3) is 4.43. The normalized spacial score (nSPS) is 11.4. The third-order valence-corrected chi connectivity index (χ3v) is 5.78. The minimum absolute atomic E-state index is 0.412. The van der Waals surface area contributed by atoms with Crippen LogP contribution in [0.25, 0.3) is 21.9 Å². The molecule has 0 saturated heterocycles. The molecule has 6 heteroatoms. The number of ether oxygens (including phenoxy) is 3. The van der Waals surface area contributed by atoms with Crippen molar-refractivity contribution in [3.8, 4) is 17.2 Å². The van der Waals surface area contributed by atoms with E-state index in [-0.39, 0.29) is 0 Å². The highest BCUT2D eigenvalue weighted by Gasteiger charge is 2.12. The van der Waals surface area contributed by atoms with Gasteiger partial charge in [0.25, 0.3) is 0 Å². The molecule has 1 heterocycles. The van der Waals surface area contributed by atoms with Crippen LogP contribution >= 0.6 is 11.6 Å². The Labute approximate surface area is 202 Å². The fourth-order valence-electron chi connectivity index (χ4n) is 3.77. The topological polar surface area (TPSA) is 53.2 Å². The Balaban J connectivity index is 1.40. The van der Waals surface area contributed by atoms with E-state index in [4.69, 9.17) is 30.2 Å². The first-order valence-electron chi connectivity index (χ1n) is 10.7. The van der Waals surface area contributed by atoms with Gasteiger partial charge in [0.05, 0.1) is 14.2 Å². The molecule has 1 aromatic heterocycles. The van der Waals surface area contributed by atoms with Crippen molar-refractivity contribution in [2.75, 3.05) is 14.2 Å². The van der Waals surface area contributed by atoms with Crippen molar-refractivity contribution in [2.45, 2.75) is 6.61 Å². The fourth-order valence-corrected chi connectivity index (χ4v) is 3.90. The van der Waals surface area contributed by atoms with Crippen LogP contribution in [0.4, 0.5) is 5.69 Å². The van der Waals surface area contributed by atoms with Gasteiger partial charge in [0.15, 0.2) is 11.5 Å². The van der Waals surface area contributed by atoms with Crippen molar-refractivity contribution in [3.05, 3.63) is 95.0 Å². The molecular weight excluding hydrogens is 450 g/mol. The highest BCUT2D eigenvalue weighted by molar-refractivity contribution is 6.30. The molecule has 5 aromatic rings. The van der Waals surface area contributed by atoms with Crippen molar-refractivity contribution in [1.29, 1.82) is 0 Å². The first kappa shape index (κ1) is 21.9. The Kier molecular flexibility index (Phi) is 6.11. The lowest BCUT2D eigenvalue weighted by Crippen LogP contribution is -1.98. The van der Waals surface area contributed by atoms with Crippen LogP contribution in [-0.4, -0.2) is 20.4 Å². The van der Waals surface area contributed by atoms with Gasteiger partial charge in [0.2, 0.25) is 0 Å². The number of fused-ring (bicyclic) bond motifs is 3. The largest absolute Gasteiger partial charge is 0.494 e. The molecule has 5 rings (SSSR count). The van der Waals surface area contributed by atoms with Gasteiger partial charge in [-0.1, -0.05) is 41.9 Å². The predicted octanol–water partition coefficient (Wildman–Crippen LogP) is 7.59. The van der Waals surface area contributed by atoms with Gasteiger partial charge in [-0.05, 0) is 53.6 Å². The van der Waals surface area contributed by atoms with Gasteiger partial charge in [0.1, 0.15) is 29.2 Å². The van der Waals surface area contributed by atoms with Gasteiger partial charge in [-0.2, -0.15) is 0 Å². The predicted molar refractivity (Wildman–Crippen MR) is 136 cm³/mol. The first-order valence-corrected chi connectivity index (χ1v) is 11.1. The summed E-state index contributed by atoms with van der Waals surface area (Å²) in [6, 6.07) is 25.0. The molecule has 0 amide bonds. The van der Waals surface area contributed by atoms with Crippen LogP contribution < -0.4 is 14.2 Å². The number of para-hydroxylation sites is 1. The molecule has 0 bridgehead atoms. The Bertz CT molecular complexity index is 1490. The first-order chi connectivity index (χ1) is 16.6. The van der Waals surface area contributed by atoms with Crippen LogP contribution in [0.5, 0.6) is 17.2 Å². The van der Waals surface area contributed by atoms with Crippen LogP contribution in [0, 0.1) is 0 Å². The summed E-state index contributed by atoms with van der Waals surface area (Å²) in [5, 5.41) is 2.74. The lowest BCUT2D eigenvalue weighted by molar-refractivity contribution is 0.284. The highest BCUT2D eigenvalue weighted by Crippen LogP contribution is 2.38. The summed E-state index contributed by atoms with van der Waals surface area (Å²) in [4.78, 5) is 4.66. The fraction of sp³-hybridized carbons (Fsp3) is 0.107. The van der Waals surface area contributed by atoms with Gasteiger partial charge in [-0.3, -0.25) is 4.99 Å². The molecule has 0 aliphatic heterocycles. The average Bonchev–Trinajstić information content (AvgIpc) is 3.24. The van der Waals surface area contributed by atoms with Gasteiger partial charge in [0, 0.05) is 28.1 Å². The molecule has 0 N–H and O–H groups in total. The highest BCUT2D eigenvalue weighted by atomic mass is 35.5. The molecule has 0 spiro atoms. The number of hydrogen-bond donors (Lipinski definition) is 0. The summed E-state index contributed by atoms with van der Waals surface area (Å²) in [6.45, 7) is 0.412. The molecule has 0 aliphatic rings. The van der Waals surface area contributed by atoms with Crippen molar-refractivity contribution >= 4 is 45.4 Å². The molecule has 4 aromatic carbocycles. The second-order valence-corrected chi connectivity index (χ2v) is 8.14. The van der Waals surface area contributed by atoms with E-state index in [2.05, 4.69) is 4.99 Å². The molecule has 0 unspecified atom stereocenters. The Morgan fingerprint density at radius 1 is 0.794 bits per heavy atom. The van der Waals surface area contributed by atoms with E-state index in [9.17, 15) is 0 Å². The van der Waals surface area contributed by atoms with E-state index < -0.39 is 0 Å². The van der Waals surface area contributed by atoms with Gasteiger partial charge >= 0.3 is 0 Å². The average molecular weight is 472 g/mol. The zero-order valence-electron chi connectivity index (χ0n) is 18.7. The lowest BCUT2D eigenvalue weighted by atomic mass is 10.1. The minimum atomic E-state index is 0.412. The number of nitrogens with zero attached hydrogens (tertiary/aromatic N) is 1. The maximum absolute atomic E-state index is 5.99.